The van der Waals surface area contributed by atoms with Gasteiger partial charge in [0.25, 0.3) is 0 Å². The molecule has 1 heterocycles. The molecule has 0 saturated heterocycles. The van der Waals surface area contributed by atoms with Crippen LogP contribution in [0.15, 0.2) is 24.3 Å². The first kappa shape index (κ1) is 11.6. The molecule has 0 amide bonds. The molecule has 1 aromatic heterocycles. The van der Waals surface area contributed by atoms with Gasteiger partial charge in [-0.25, -0.2) is 0 Å². The zero-order chi connectivity index (χ0) is 12.7. The van der Waals surface area contributed by atoms with Crippen LogP contribution >= 0.6 is 11.6 Å². The van der Waals surface area contributed by atoms with E-state index in [1.165, 1.54) is 11.1 Å². The standard InChI is InChI=1S/C14H16ClN3/c1-9-5-14(17-18(9)2)16-13-7-10-3-4-12(15)6-11(10)8-13/h3-6,13H,7-8H2,1-2H3,(H,16,17). The van der Waals surface area contributed by atoms with E-state index in [-0.39, 0.29) is 0 Å². The second-order valence-electron chi connectivity index (χ2n) is 4.96. The van der Waals surface area contributed by atoms with Crippen molar-refractivity contribution in [2.45, 2.75) is 25.8 Å². The lowest BCUT2D eigenvalue weighted by Gasteiger charge is -2.10. The summed E-state index contributed by atoms with van der Waals surface area (Å²) in [5, 5.41) is 8.75. The fourth-order valence-corrected chi connectivity index (χ4v) is 2.72. The minimum Gasteiger partial charge on any atom is -0.365 e. The number of halogens is 1. The van der Waals surface area contributed by atoms with Gasteiger partial charge in [0.1, 0.15) is 5.82 Å². The van der Waals surface area contributed by atoms with E-state index >= 15 is 0 Å². The maximum atomic E-state index is 6.02. The predicted octanol–water partition coefficient (Wildman–Crippen LogP) is 2.96. The fraction of sp³-hybridized carbons (Fsp3) is 0.357. The summed E-state index contributed by atoms with van der Waals surface area (Å²) in [6, 6.07) is 8.67. The average Bonchev–Trinajstić information content (AvgIpc) is 2.82. The number of anilines is 1. The smallest absolute Gasteiger partial charge is 0.148 e. The summed E-state index contributed by atoms with van der Waals surface area (Å²) in [5.41, 5.74) is 3.91. The molecule has 18 heavy (non-hydrogen) atoms. The summed E-state index contributed by atoms with van der Waals surface area (Å²) in [6.45, 7) is 2.06. The molecule has 1 aliphatic rings. The van der Waals surface area contributed by atoms with E-state index in [1.54, 1.807) is 0 Å². The van der Waals surface area contributed by atoms with Gasteiger partial charge >= 0.3 is 0 Å². The topological polar surface area (TPSA) is 29.9 Å². The van der Waals surface area contributed by atoms with Gasteiger partial charge in [-0.05, 0) is 43.0 Å². The Bertz CT molecular complexity index is 569. The first-order valence-electron chi connectivity index (χ1n) is 6.16. The van der Waals surface area contributed by atoms with E-state index in [4.69, 9.17) is 11.6 Å². The summed E-state index contributed by atoms with van der Waals surface area (Å²) in [4.78, 5) is 0. The summed E-state index contributed by atoms with van der Waals surface area (Å²) < 4.78 is 1.89. The van der Waals surface area contributed by atoms with Gasteiger partial charge in [0.05, 0.1) is 0 Å². The highest BCUT2D eigenvalue weighted by Gasteiger charge is 2.22. The van der Waals surface area contributed by atoms with Crippen molar-refractivity contribution in [2.24, 2.45) is 7.05 Å². The lowest BCUT2D eigenvalue weighted by molar-refractivity contribution is 0.723. The van der Waals surface area contributed by atoms with Crippen LogP contribution < -0.4 is 5.32 Å². The third kappa shape index (κ3) is 2.10. The van der Waals surface area contributed by atoms with E-state index in [9.17, 15) is 0 Å². The fourth-order valence-electron chi connectivity index (χ4n) is 2.53. The maximum Gasteiger partial charge on any atom is 0.148 e. The van der Waals surface area contributed by atoms with Crippen molar-refractivity contribution < 1.29 is 0 Å². The number of nitrogens with zero attached hydrogens (tertiary/aromatic N) is 2. The first-order valence-corrected chi connectivity index (χ1v) is 6.54. The molecule has 0 spiro atoms. The third-order valence-corrected chi connectivity index (χ3v) is 3.80. The molecule has 1 aliphatic carbocycles. The van der Waals surface area contributed by atoms with Gasteiger partial charge in [-0.3, -0.25) is 4.68 Å². The molecule has 2 aromatic rings. The van der Waals surface area contributed by atoms with Crippen molar-refractivity contribution in [1.82, 2.24) is 9.78 Å². The maximum absolute atomic E-state index is 6.02. The van der Waals surface area contributed by atoms with E-state index in [0.717, 1.165) is 29.4 Å². The lowest BCUT2D eigenvalue weighted by Crippen LogP contribution is -2.19. The number of aryl methyl sites for hydroxylation is 2. The van der Waals surface area contributed by atoms with Gasteiger partial charge in [-0.2, -0.15) is 5.10 Å². The van der Waals surface area contributed by atoms with Gasteiger partial charge in [0.15, 0.2) is 0 Å². The second-order valence-corrected chi connectivity index (χ2v) is 5.39. The highest BCUT2D eigenvalue weighted by molar-refractivity contribution is 6.30. The Hall–Kier alpha value is -1.48. The van der Waals surface area contributed by atoms with Crippen LogP contribution in [0.5, 0.6) is 0 Å². The van der Waals surface area contributed by atoms with Crippen LogP contribution in [-0.4, -0.2) is 15.8 Å². The summed E-state index contributed by atoms with van der Waals surface area (Å²) >= 11 is 6.02. The Labute approximate surface area is 112 Å². The molecule has 1 N–H and O–H groups in total. The quantitative estimate of drug-likeness (QED) is 0.901. The van der Waals surface area contributed by atoms with Crippen molar-refractivity contribution >= 4 is 17.4 Å². The van der Waals surface area contributed by atoms with Gasteiger partial charge in [-0.1, -0.05) is 17.7 Å². The number of nitrogens with one attached hydrogen (secondary N) is 1. The molecule has 0 saturated carbocycles. The molecule has 94 valence electrons. The number of hydrogen-bond donors (Lipinski definition) is 1. The highest BCUT2D eigenvalue weighted by Crippen LogP contribution is 2.27. The molecular weight excluding hydrogens is 246 g/mol. The average molecular weight is 262 g/mol. The van der Waals surface area contributed by atoms with Crippen LogP contribution in [0.4, 0.5) is 5.82 Å². The zero-order valence-corrected chi connectivity index (χ0v) is 11.3. The summed E-state index contributed by atoms with van der Waals surface area (Å²) in [6.07, 6.45) is 2.06. The Balaban J connectivity index is 1.74. The number of benzene rings is 1. The van der Waals surface area contributed by atoms with Crippen molar-refractivity contribution in [1.29, 1.82) is 0 Å². The zero-order valence-electron chi connectivity index (χ0n) is 10.6. The van der Waals surface area contributed by atoms with E-state index < -0.39 is 0 Å². The first-order chi connectivity index (χ1) is 8.61. The van der Waals surface area contributed by atoms with Crippen LogP contribution in [0.2, 0.25) is 5.02 Å². The van der Waals surface area contributed by atoms with Crippen molar-refractivity contribution in [3.05, 3.63) is 46.1 Å². The minimum atomic E-state index is 0.424. The lowest BCUT2D eigenvalue weighted by atomic mass is 10.1. The number of rotatable bonds is 2. The van der Waals surface area contributed by atoms with Crippen molar-refractivity contribution in [3.8, 4) is 0 Å². The summed E-state index contributed by atoms with van der Waals surface area (Å²) in [5.74, 6) is 0.957. The van der Waals surface area contributed by atoms with Crippen molar-refractivity contribution in [3.63, 3.8) is 0 Å². The molecule has 4 heteroatoms. The van der Waals surface area contributed by atoms with E-state index in [2.05, 4.69) is 35.5 Å². The molecule has 0 aliphatic heterocycles. The SMILES string of the molecule is Cc1cc(NC2Cc3ccc(Cl)cc3C2)nn1C. The molecule has 0 radical (unpaired) electrons. The van der Waals surface area contributed by atoms with Crippen molar-refractivity contribution in [2.75, 3.05) is 5.32 Å². The number of fused-ring (bicyclic) bond motifs is 1. The molecule has 1 unspecified atom stereocenters. The van der Waals surface area contributed by atoms with Crippen LogP contribution in [0, 0.1) is 6.92 Å². The number of aromatic nitrogens is 2. The van der Waals surface area contributed by atoms with Crippen LogP contribution in [-0.2, 0) is 19.9 Å². The molecule has 1 atom stereocenters. The monoisotopic (exact) mass is 261 g/mol. The third-order valence-electron chi connectivity index (χ3n) is 3.57. The molecule has 3 rings (SSSR count). The Morgan fingerprint density at radius 2 is 2.06 bits per heavy atom. The second kappa shape index (κ2) is 4.32. The Morgan fingerprint density at radius 3 is 2.78 bits per heavy atom. The van der Waals surface area contributed by atoms with Crippen LogP contribution in [0.1, 0.15) is 16.8 Å². The van der Waals surface area contributed by atoms with Gasteiger partial charge in [-0.15, -0.1) is 0 Å². The van der Waals surface area contributed by atoms with E-state index in [1.807, 2.05) is 17.8 Å². The highest BCUT2D eigenvalue weighted by atomic mass is 35.5. The normalized spacial score (nSPS) is 17.8. The summed E-state index contributed by atoms with van der Waals surface area (Å²) in [7, 11) is 1.96. The van der Waals surface area contributed by atoms with Gasteiger partial charge in [0, 0.05) is 29.9 Å². The Kier molecular flexibility index (Phi) is 2.78. The minimum absolute atomic E-state index is 0.424. The van der Waals surface area contributed by atoms with Crippen LogP contribution in [0.3, 0.4) is 0 Å². The largest absolute Gasteiger partial charge is 0.365 e. The van der Waals surface area contributed by atoms with Crippen LogP contribution in [0.25, 0.3) is 0 Å². The molecule has 0 bridgehead atoms. The van der Waals surface area contributed by atoms with E-state index in [0.29, 0.717) is 6.04 Å². The molecule has 1 aromatic carbocycles. The number of hydrogen-bond acceptors (Lipinski definition) is 2. The molecule has 3 nitrogen and oxygen atoms in total. The predicted molar refractivity (Wildman–Crippen MR) is 74.2 cm³/mol. The van der Waals surface area contributed by atoms with Gasteiger partial charge < -0.3 is 5.32 Å². The Morgan fingerprint density at radius 1 is 1.28 bits per heavy atom. The molecular formula is C14H16ClN3. The van der Waals surface area contributed by atoms with Gasteiger partial charge in [0.2, 0.25) is 0 Å². The molecule has 0 fully saturated rings.